The van der Waals surface area contributed by atoms with Crippen LogP contribution in [0.1, 0.15) is 56.5 Å². The number of morpholine rings is 1. The Bertz CT molecular complexity index is 634. The van der Waals surface area contributed by atoms with E-state index in [1.54, 1.807) is 0 Å². The number of nitrogens with zero attached hydrogens (tertiary/aromatic N) is 3. The summed E-state index contributed by atoms with van der Waals surface area (Å²) in [5, 5.41) is 3.09. The minimum Gasteiger partial charge on any atom is -0.378 e. The van der Waals surface area contributed by atoms with Gasteiger partial charge in [0.15, 0.2) is 0 Å². The van der Waals surface area contributed by atoms with Crippen molar-refractivity contribution in [3.8, 4) is 0 Å². The van der Waals surface area contributed by atoms with E-state index in [0.717, 1.165) is 62.9 Å². The van der Waals surface area contributed by atoms with E-state index < -0.39 is 0 Å². The molecule has 0 unspecified atom stereocenters. The molecule has 1 aliphatic rings. The van der Waals surface area contributed by atoms with Gasteiger partial charge in [0.1, 0.15) is 11.6 Å². The molecule has 1 fully saturated rings. The van der Waals surface area contributed by atoms with Crippen LogP contribution in [0.4, 0.5) is 11.6 Å². The Hall–Kier alpha value is -1.82. The zero-order valence-electron chi connectivity index (χ0n) is 17.9. The second kappa shape index (κ2) is 9.40. The van der Waals surface area contributed by atoms with Crippen molar-refractivity contribution >= 4 is 17.5 Å². The fourth-order valence-corrected chi connectivity index (χ4v) is 3.21. The van der Waals surface area contributed by atoms with Gasteiger partial charge in [-0.1, -0.05) is 20.8 Å². The Morgan fingerprint density at radius 3 is 2.59 bits per heavy atom. The van der Waals surface area contributed by atoms with E-state index in [-0.39, 0.29) is 11.3 Å². The lowest BCUT2D eigenvalue weighted by molar-refractivity contribution is 0.0951. The molecule has 6 heteroatoms. The summed E-state index contributed by atoms with van der Waals surface area (Å²) in [5.74, 6) is 1.65. The number of hydrogen-bond acceptors (Lipinski definition) is 5. The molecule has 0 atom stereocenters. The zero-order chi connectivity index (χ0) is 20.0. The molecule has 1 aromatic heterocycles. The maximum absolute atomic E-state index is 12.9. The molecule has 0 bridgehead atoms. The number of amides is 1. The van der Waals surface area contributed by atoms with Gasteiger partial charge in [-0.25, -0.2) is 4.98 Å². The topological polar surface area (TPSA) is 57.7 Å². The SMILES string of the molecule is CCN(C)c1nc(N2CCOCC2)cc(C)c1C(=O)NCCCC(C)(C)C. The highest BCUT2D eigenvalue weighted by Crippen LogP contribution is 2.27. The van der Waals surface area contributed by atoms with Crippen molar-refractivity contribution in [1.82, 2.24) is 10.3 Å². The number of anilines is 2. The summed E-state index contributed by atoms with van der Waals surface area (Å²) in [6.45, 7) is 15.3. The van der Waals surface area contributed by atoms with E-state index in [1.807, 2.05) is 24.9 Å². The summed E-state index contributed by atoms with van der Waals surface area (Å²) in [4.78, 5) is 22.0. The number of carbonyl (C=O) groups is 1. The van der Waals surface area contributed by atoms with Crippen LogP contribution in [0, 0.1) is 12.3 Å². The average molecular weight is 377 g/mol. The molecule has 1 aromatic rings. The second-order valence-corrected chi connectivity index (χ2v) is 8.53. The van der Waals surface area contributed by atoms with E-state index in [2.05, 4.69) is 37.9 Å². The number of nitrogens with one attached hydrogen (secondary N) is 1. The highest BCUT2D eigenvalue weighted by atomic mass is 16.5. The first-order chi connectivity index (χ1) is 12.7. The van der Waals surface area contributed by atoms with Gasteiger partial charge in [0.05, 0.1) is 18.8 Å². The van der Waals surface area contributed by atoms with E-state index in [0.29, 0.717) is 12.1 Å². The van der Waals surface area contributed by atoms with E-state index >= 15 is 0 Å². The number of ether oxygens (including phenoxy) is 1. The van der Waals surface area contributed by atoms with Crippen molar-refractivity contribution in [3.05, 3.63) is 17.2 Å². The number of hydrogen-bond donors (Lipinski definition) is 1. The lowest BCUT2D eigenvalue weighted by atomic mass is 9.91. The third-order valence-electron chi connectivity index (χ3n) is 4.97. The number of rotatable bonds is 7. The third-order valence-corrected chi connectivity index (χ3v) is 4.97. The average Bonchev–Trinajstić information content (AvgIpc) is 2.63. The maximum atomic E-state index is 12.9. The summed E-state index contributed by atoms with van der Waals surface area (Å²) in [7, 11) is 1.99. The number of aryl methyl sites for hydroxylation is 1. The molecule has 1 N–H and O–H groups in total. The Morgan fingerprint density at radius 2 is 2.00 bits per heavy atom. The normalized spacial score (nSPS) is 15.0. The molecule has 0 saturated carbocycles. The lowest BCUT2D eigenvalue weighted by Gasteiger charge is -2.30. The predicted octanol–water partition coefficient (Wildman–Crippen LogP) is 3.24. The van der Waals surface area contributed by atoms with Crippen molar-refractivity contribution < 1.29 is 9.53 Å². The molecule has 1 aliphatic heterocycles. The summed E-state index contributed by atoms with van der Waals surface area (Å²) in [6, 6.07) is 2.03. The van der Waals surface area contributed by atoms with Gasteiger partial charge < -0.3 is 19.9 Å². The van der Waals surface area contributed by atoms with Crippen LogP contribution in [0.25, 0.3) is 0 Å². The van der Waals surface area contributed by atoms with Crippen molar-refractivity contribution in [3.63, 3.8) is 0 Å². The van der Waals surface area contributed by atoms with Crippen molar-refractivity contribution in [2.75, 3.05) is 56.2 Å². The van der Waals surface area contributed by atoms with Crippen LogP contribution >= 0.6 is 0 Å². The maximum Gasteiger partial charge on any atom is 0.255 e. The van der Waals surface area contributed by atoms with Gasteiger partial charge in [-0.15, -0.1) is 0 Å². The molecule has 2 heterocycles. The molecular formula is C21H36N4O2. The monoisotopic (exact) mass is 376 g/mol. The zero-order valence-corrected chi connectivity index (χ0v) is 17.9. The van der Waals surface area contributed by atoms with E-state index in [1.165, 1.54) is 0 Å². The third kappa shape index (κ3) is 6.09. The molecule has 1 saturated heterocycles. The smallest absolute Gasteiger partial charge is 0.255 e. The fraction of sp³-hybridized carbons (Fsp3) is 0.714. The first-order valence-corrected chi connectivity index (χ1v) is 10.1. The van der Waals surface area contributed by atoms with Gasteiger partial charge in [0.2, 0.25) is 0 Å². The van der Waals surface area contributed by atoms with Crippen LogP contribution in [-0.4, -0.2) is 57.3 Å². The molecule has 0 aromatic carbocycles. The first-order valence-electron chi connectivity index (χ1n) is 10.1. The first kappa shape index (κ1) is 21.5. The molecule has 152 valence electrons. The number of carbonyl (C=O) groups excluding carboxylic acids is 1. The molecule has 27 heavy (non-hydrogen) atoms. The summed E-state index contributed by atoms with van der Waals surface area (Å²) < 4.78 is 5.45. The minimum atomic E-state index is -0.0299. The quantitative estimate of drug-likeness (QED) is 0.741. The van der Waals surface area contributed by atoms with Crippen LogP contribution in [0.2, 0.25) is 0 Å². The predicted molar refractivity (Wildman–Crippen MR) is 112 cm³/mol. The van der Waals surface area contributed by atoms with E-state index in [9.17, 15) is 4.79 Å². The van der Waals surface area contributed by atoms with Gasteiger partial charge in [0.25, 0.3) is 5.91 Å². The summed E-state index contributed by atoms with van der Waals surface area (Å²) in [5.41, 5.74) is 1.94. The Kier molecular flexibility index (Phi) is 7.48. The summed E-state index contributed by atoms with van der Waals surface area (Å²) >= 11 is 0. The van der Waals surface area contributed by atoms with Crippen LogP contribution in [-0.2, 0) is 4.74 Å². The van der Waals surface area contributed by atoms with Gasteiger partial charge in [-0.2, -0.15) is 0 Å². The molecule has 0 radical (unpaired) electrons. The largest absolute Gasteiger partial charge is 0.378 e. The van der Waals surface area contributed by atoms with Gasteiger partial charge in [-0.3, -0.25) is 4.79 Å². The van der Waals surface area contributed by atoms with Gasteiger partial charge in [-0.05, 0) is 43.7 Å². The van der Waals surface area contributed by atoms with Crippen LogP contribution < -0.4 is 15.1 Å². The number of pyridine rings is 1. The van der Waals surface area contributed by atoms with Crippen LogP contribution in [0.5, 0.6) is 0 Å². The molecule has 1 amide bonds. The molecule has 0 spiro atoms. The highest BCUT2D eigenvalue weighted by Gasteiger charge is 2.22. The standard InChI is InChI=1S/C21H36N4O2/c1-7-24(6)19-18(20(26)22-10-8-9-21(3,4)5)16(2)15-17(23-19)25-11-13-27-14-12-25/h15H,7-14H2,1-6H3,(H,22,26). The molecule has 6 nitrogen and oxygen atoms in total. The Labute approximate surface area is 164 Å². The Balaban J connectivity index is 2.19. The van der Waals surface area contributed by atoms with Crippen LogP contribution in [0.3, 0.4) is 0 Å². The highest BCUT2D eigenvalue weighted by molar-refractivity contribution is 6.00. The lowest BCUT2D eigenvalue weighted by Crippen LogP contribution is -2.37. The van der Waals surface area contributed by atoms with Gasteiger partial charge >= 0.3 is 0 Å². The summed E-state index contributed by atoms with van der Waals surface area (Å²) in [6.07, 6.45) is 2.06. The van der Waals surface area contributed by atoms with Crippen molar-refractivity contribution in [1.29, 1.82) is 0 Å². The molecule has 2 rings (SSSR count). The van der Waals surface area contributed by atoms with E-state index in [4.69, 9.17) is 9.72 Å². The van der Waals surface area contributed by atoms with Crippen molar-refractivity contribution in [2.24, 2.45) is 5.41 Å². The molecule has 0 aliphatic carbocycles. The van der Waals surface area contributed by atoms with Gasteiger partial charge in [0, 0.05) is 33.2 Å². The van der Waals surface area contributed by atoms with Crippen LogP contribution in [0.15, 0.2) is 6.07 Å². The van der Waals surface area contributed by atoms with Crippen molar-refractivity contribution in [2.45, 2.75) is 47.5 Å². The second-order valence-electron chi connectivity index (χ2n) is 8.53. The molecular weight excluding hydrogens is 340 g/mol. The fourth-order valence-electron chi connectivity index (χ4n) is 3.21. The minimum absolute atomic E-state index is 0.0299. The Morgan fingerprint density at radius 1 is 1.33 bits per heavy atom. The number of aromatic nitrogens is 1.